The summed E-state index contributed by atoms with van der Waals surface area (Å²) < 4.78 is 29.9. The van der Waals surface area contributed by atoms with Crippen LogP contribution in [0, 0.1) is 12.7 Å². The predicted molar refractivity (Wildman–Crippen MR) is 84.0 cm³/mol. The third-order valence-electron chi connectivity index (χ3n) is 3.82. The van der Waals surface area contributed by atoms with E-state index in [-0.39, 0.29) is 12.2 Å². The van der Waals surface area contributed by atoms with E-state index in [4.69, 9.17) is 14.2 Å². The Labute approximate surface area is 139 Å². The molecule has 1 aliphatic rings. The quantitative estimate of drug-likeness (QED) is 0.788. The summed E-state index contributed by atoms with van der Waals surface area (Å²) in [5.74, 6) is -1.35. The van der Waals surface area contributed by atoms with Gasteiger partial charge in [-0.25, -0.2) is 9.18 Å². The zero-order valence-corrected chi connectivity index (χ0v) is 13.8. The number of esters is 1. The van der Waals surface area contributed by atoms with Crippen LogP contribution in [0.15, 0.2) is 30.5 Å². The second-order valence-corrected chi connectivity index (χ2v) is 6.05. The second-order valence-electron chi connectivity index (χ2n) is 6.05. The topological polar surface area (TPSA) is 57.7 Å². The van der Waals surface area contributed by atoms with Gasteiger partial charge in [0.15, 0.2) is 11.5 Å². The minimum Gasteiger partial charge on any atom is -0.421 e. The van der Waals surface area contributed by atoms with Crippen molar-refractivity contribution in [2.45, 2.75) is 39.8 Å². The Hall–Kier alpha value is -2.31. The first-order valence-corrected chi connectivity index (χ1v) is 7.59. The van der Waals surface area contributed by atoms with E-state index in [1.807, 2.05) is 13.8 Å². The smallest absolute Gasteiger partial charge is 0.343 e. The Morgan fingerprint density at radius 2 is 1.88 bits per heavy atom. The van der Waals surface area contributed by atoms with Gasteiger partial charge in [0, 0.05) is 17.3 Å². The molecule has 0 unspecified atom stereocenters. The first-order chi connectivity index (χ1) is 11.4. The van der Waals surface area contributed by atoms with Gasteiger partial charge in [-0.2, -0.15) is 0 Å². The van der Waals surface area contributed by atoms with Crippen LogP contribution in [-0.4, -0.2) is 16.7 Å². The number of fused-ring (bicyclic) bond motifs is 1. The van der Waals surface area contributed by atoms with Crippen molar-refractivity contribution in [1.29, 1.82) is 0 Å². The number of ether oxygens (including phenoxy) is 3. The van der Waals surface area contributed by atoms with E-state index in [1.165, 1.54) is 24.3 Å². The van der Waals surface area contributed by atoms with Crippen molar-refractivity contribution in [1.82, 2.24) is 4.98 Å². The zero-order chi connectivity index (χ0) is 17.3. The molecule has 0 N–H and O–H groups in total. The first-order valence-electron chi connectivity index (χ1n) is 7.59. The molecule has 1 aliphatic heterocycles. The van der Waals surface area contributed by atoms with Crippen molar-refractivity contribution in [2.24, 2.45) is 0 Å². The molecular formula is C18H18FNO4. The Morgan fingerprint density at radius 1 is 1.21 bits per heavy atom. The number of halogens is 1. The van der Waals surface area contributed by atoms with E-state index >= 15 is 0 Å². The standard InChI is InChI=1S/C18H18FNO4/c1-11-16(24-17(21)12-4-6-14(19)7-5-12)15-10-23-18(2,3)22-9-13(15)8-20-11/h4-8H,9-10H2,1-3H3. The fourth-order valence-corrected chi connectivity index (χ4v) is 2.37. The SMILES string of the molecule is Cc1ncc2c(c1OC(=O)c1ccc(F)cc1)COC(C)(C)OC2. The maximum Gasteiger partial charge on any atom is 0.343 e. The van der Waals surface area contributed by atoms with Gasteiger partial charge in [-0.1, -0.05) is 0 Å². The van der Waals surface area contributed by atoms with Crippen molar-refractivity contribution in [3.05, 3.63) is 58.7 Å². The van der Waals surface area contributed by atoms with Gasteiger partial charge in [0.2, 0.25) is 0 Å². The van der Waals surface area contributed by atoms with Crippen LogP contribution in [-0.2, 0) is 22.7 Å². The molecule has 1 aromatic heterocycles. The van der Waals surface area contributed by atoms with E-state index in [1.54, 1.807) is 13.1 Å². The minimum atomic E-state index is -0.731. The maximum absolute atomic E-state index is 13.0. The van der Waals surface area contributed by atoms with Crippen molar-refractivity contribution >= 4 is 5.97 Å². The number of hydrogen-bond donors (Lipinski definition) is 0. The van der Waals surface area contributed by atoms with Gasteiger partial charge in [0.1, 0.15) is 5.82 Å². The summed E-state index contributed by atoms with van der Waals surface area (Å²) >= 11 is 0. The van der Waals surface area contributed by atoms with Gasteiger partial charge < -0.3 is 14.2 Å². The molecule has 3 rings (SSSR count). The van der Waals surface area contributed by atoms with Gasteiger partial charge in [0.05, 0.1) is 24.5 Å². The van der Waals surface area contributed by atoms with Crippen LogP contribution in [0.25, 0.3) is 0 Å². The van der Waals surface area contributed by atoms with Crippen LogP contribution in [0.2, 0.25) is 0 Å². The van der Waals surface area contributed by atoms with Crippen molar-refractivity contribution in [3.63, 3.8) is 0 Å². The van der Waals surface area contributed by atoms with E-state index in [0.717, 1.165) is 11.1 Å². The number of rotatable bonds is 2. The molecule has 24 heavy (non-hydrogen) atoms. The Morgan fingerprint density at radius 3 is 2.58 bits per heavy atom. The molecule has 0 saturated heterocycles. The van der Waals surface area contributed by atoms with Crippen LogP contribution in [0.3, 0.4) is 0 Å². The molecule has 1 aromatic carbocycles. The molecular weight excluding hydrogens is 313 g/mol. The van der Waals surface area contributed by atoms with Gasteiger partial charge in [-0.05, 0) is 45.0 Å². The molecule has 0 bridgehead atoms. The van der Waals surface area contributed by atoms with Gasteiger partial charge >= 0.3 is 5.97 Å². The van der Waals surface area contributed by atoms with Gasteiger partial charge in [0.25, 0.3) is 0 Å². The van der Waals surface area contributed by atoms with Crippen LogP contribution < -0.4 is 4.74 Å². The highest BCUT2D eigenvalue weighted by Gasteiger charge is 2.27. The largest absolute Gasteiger partial charge is 0.421 e. The van der Waals surface area contributed by atoms with E-state index in [9.17, 15) is 9.18 Å². The molecule has 0 aliphatic carbocycles. The summed E-state index contributed by atoms with van der Waals surface area (Å²) in [4.78, 5) is 16.6. The molecule has 0 saturated carbocycles. The minimum absolute atomic E-state index is 0.248. The lowest BCUT2D eigenvalue weighted by Gasteiger charge is -2.22. The van der Waals surface area contributed by atoms with E-state index in [0.29, 0.717) is 18.1 Å². The Bertz CT molecular complexity index is 771. The average Bonchev–Trinajstić information content (AvgIpc) is 2.69. The monoisotopic (exact) mass is 331 g/mol. The van der Waals surface area contributed by atoms with Crippen LogP contribution in [0.4, 0.5) is 4.39 Å². The first kappa shape index (κ1) is 16.5. The molecule has 2 heterocycles. The van der Waals surface area contributed by atoms with Crippen molar-refractivity contribution < 1.29 is 23.4 Å². The van der Waals surface area contributed by atoms with Crippen LogP contribution >= 0.6 is 0 Å². The molecule has 2 aromatic rings. The second kappa shape index (κ2) is 6.30. The fourth-order valence-electron chi connectivity index (χ4n) is 2.37. The molecule has 5 nitrogen and oxygen atoms in total. The summed E-state index contributed by atoms with van der Waals surface area (Å²) in [6.45, 7) is 5.96. The van der Waals surface area contributed by atoms with Crippen molar-refractivity contribution in [3.8, 4) is 5.75 Å². The highest BCUT2D eigenvalue weighted by Crippen LogP contribution is 2.32. The molecule has 126 valence electrons. The van der Waals surface area contributed by atoms with Gasteiger partial charge in [-0.3, -0.25) is 4.98 Å². The Kier molecular flexibility index (Phi) is 4.34. The van der Waals surface area contributed by atoms with Gasteiger partial charge in [-0.15, -0.1) is 0 Å². The number of hydrogen-bond acceptors (Lipinski definition) is 5. The fraction of sp³-hybridized carbons (Fsp3) is 0.333. The summed E-state index contributed by atoms with van der Waals surface area (Å²) in [6.07, 6.45) is 1.70. The zero-order valence-electron chi connectivity index (χ0n) is 13.8. The van der Waals surface area contributed by atoms with Crippen LogP contribution in [0.1, 0.15) is 41.0 Å². The number of benzene rings is 1. The third kappa shape index (κ3) is 3.44. The number of aromatic nitrogens is 1. The summed E-state index contributed by atoms with van der Waals surface area (Å²) in [5, 5.41) is 0. The molecule has 6 heteroatoms. The number of aryl methyl sites for hydroxylation is 1. The summed E-state index contributed by atoms with van der Waals surface area (Å²) in [7, 11) is 0. The lowest BCUT2D eigenvalue weighted by atomic mass is 10.1. The molecule has 0 spiro atoms. The lowest BCUT2D eigenvalue weighted by molar-refractivity contribution is -0.219. The number of nitrogens with zero attached hydrogens (tertiary/aromatic N) is 1. The Balaban J connectivity index is 1.91. The summed E-state index contributed by atoms with van der Waals surface area (Å²) in [6, 6.07) is 5.19. The normalized spacial score (nSPS) is 16.2. The molecule has 0 radical (unpaired) electrons. The lowest BCUT2D eigenvalue weighted by Crippen LogP contribution is -2.25. The number of pyridine rings is 1. The highest BCUT2D eigenvalue weighted by molar-refractivity contribution is 5.91. The van der Waals surface area contributed by atoms with E-state index in [2.05, 4.69) is 4.98 Å². The maximum atomic E-state index is 13.0. The predicted octanol–water partition coefficient (Wildman–Crippen LogP) is 3.53. The van der Waals surface area contributed by atoms with Crippen LogP contribution in [0.5, 0.6) is 5.75 Å². The molecule has 0 atom stereocenters. The number of carbonyl (C=O) groups excluding carboxylic acids is 1. The number of carbonyl (C=O) groups is 1. The summed E-state index contributed by atoms with van der Waals surface area (Å²) in [5.41, 5.74) is 2.39. The van der Waals surface area contributed by atoms with E-state index < -0.39 is 17.6 Å². The third-order valence-corrected chi connectivity index (χ3v) is 3.82. The molecule has 0 fully saturated rings. The highest BCUT2D eigenvalue weighted by atomic mass is 19.1. The average molecular weight is 331 g/mol. The van der Waals surface area contributed by atoms with Crippen molar-refractivity contribution in [2.75, 3.05) is 0 Å². The molecule has 0 amide bonds.